The van der Waals surface area contributed by atoms with Crippen LogP contribution in [0.2, 0.25) is 0 Å². The molecule has 1 saturated carbocycles. The molecule has 3 aromatic rings. The summed E-state index contributed by atoms with van der Waals surface area (Å²) in [6.45, 7) is 2.57. The third kappa shape index (κ3) is 2.39. The number of fused-ring (bicyclic) bond motifs is 4. The van der Waals surface area contributed by atoms with Crippen LogP contribution in [0.4, 0.5) is 0 Å². The van der Waals surface area contributed by atoms with Crippen molar-refractivity contribution in [3.05, 3.63) is 70.9 Å². The fraction of sp³-hybridized carbons (Fsp3) is 0.360. The van der Waals surface area contributed by atoms with E-state index in [4.69, 9.17) is 0 Å². The molecule has 1 aromatic heterocycles. The molecule has 2 heterocycles. The van der Waals surface area contributed by atoms with Gasteiger partial charge >= 0.3 is 0 Å². The number of nitrogens with zero attached hydrogens (tertiary/aromatic N) is 1. The number of nitrogens with one attached hydrogen (secondary N) is 1. The second kappa shape index (κ2) is 6.32. The van der Waals surface area contributed by atoms with Crippen LogP contribution in [0.25, 0.3) is 17.0 Å². The number of benzene rings is 2. The number of piperidine rings is 1. The summed E-state index contributed by atoms with van der Waals surface area (Å²) in [5, 5.41) is 1.16. The molecule has 1 spiro atoms. The zero-order valence-electron chi connectivity index (χ0n) is 17.2. The van der Waals surface area contributed by atoms with Crippen molar-refractivity contribution < 1.29 is 8.42 Å². The topological polar surface area (TPSA) is 53.2 Å². The Hall–Kier alpha value is -2.37. The maximum absolute atomic E-state index is 13.9. The summed E-state index contributed by atoms with van der Waals surface area (Å²) in [6, 6.07) is 15.5. The first kappa shape index (κ1) is 18.4. The van der Waals surface area contributed by atoms with E-state index in [0.717, 1.165) is 54.3 Å². The Kier molecular flexibility index (Phi) is 3.87. The Morgan fingerprint density at radius 1 is 1.03 bits per heavy atom. The maximum Gasteiger partial charge on any atom is 0.243 e. The lowest BCUT2D eigenvalue weighted by molar-refractivity contribution is 0.104. The Labute approximate surface area is 177 Å². The highest BCUT2D eigenvalue weighted by molar-refractivity contribution is 7.89. The number of aromatic amines is 1. The number of rotatable bonds is 2. The number of aryl methyl sites for hydroxylation is 1. The van der Waals surface area contributed by atoms with Crippen molar-refractivity contribution in [1.82, 2.24) is 9.29 Å². The SMILES string of the molecule is Cc1ccc(S(=O)(=O)N2CCC[C@]34CCCC3=Cc3[nH]c5ccccc5c3[C@H]24)cc1. The molecule has 3 aliphatic rings. The predicted molar refractivity (Wildman–Crippen MR) is 120 cm³/mol. The maximum atomic E-state index is 13.9. The summed E-state index contributed by atoms with van der Waals surface area (Å²) in [5.74, 6) is 0. The molecule has 30 heavy (non-hydrogen) atoms. The largest absolute Gasteiger partial charge is 0.355 e. The monoisotopic (exact) mass is 418 g/mol. The lowest BCUT2D eigenvalue weighted by Crippen LogP contribution is -2.49. The number of hydrogen-bond donors (Lipinski definition) is 1. The van der Waals surface area contributed by atoms with Gasteiger partial charge < -0.3 is 4.98 Å². The molecule has 0 amide bonds. The van der Waals surface area contributed by atoms with Crippen molar-refractivity contribution in [1.29, 1.82) is 0 Å². The zero-order valence-corrected chi connectivity index (χ0v) is 18.0. The lowest BCUT2D eigenvalue weighted by atomic mass is 9.65. The number of H-pyrrole nitrogens is 1. The minimum Gasteiger partial charge on any atom is -0.355 e. The molecule has 1 N–H and O–H groups in total. The molecule has 0 unspecified atom stereocenters. The van der Waals surface area contributed by atoms with Gasteiger partial charge in [0.1, 0.15) is 0 Å². The van der Waals surface area contributed by atoms with E-state index < -0.39 is 10.0 Å². The van der Waals surface area contributed by atoms with Crippen molar-refractivity contribution in [2.75, 3.05) is 6.54 Å². The minimum absolute atomic E-state index is 0.0615. The second-order valence-electron chi connectivity index (χ2n) is 9.11. The summed E-state index contributed by atoms with van der Waals surface area (Å²) in [5.41, 5.74) is 5.81. The highest BCUT2D eigenvalue weighted by Crippen LogP contribution is 2.63. The van der Waals surface area contributed by atoms with E-state index in [1.807, 2.05) is 29.4 Å². The summed E-state index contributed by atoms with van der Waals surface area (Å²) in [4.78, 5) is 3.98. The van der Waals surface area contributed by atoms with Crippen molar-refractivity contribution in [2.24, 2.45) is 5.41 Å². The van der Waals surface area contributed by atoms with E-state index in [2.05, 4.69) is 29.3 Å². The molecule has 1 aliphatic heterocycles. The highest BCUT2D eigenvalue weighted by atomic mass is 32.2. The van der Waals surface area contributed by atoms with Crippen LogP contribution >= 0.6 is 0 Å². The second-order valence-corrected chi connectivity index (χ2v) is 11.0. The van der Waals surface area contributed by atoms with Crippen LogP contribution in [0.15, 0.2) is 59.0 Å². The summed E-state index contributed by atoms with van der Waals surface area (Å²) < 4.78 is 29.6. The predicted octanol–water partition coefficient (Wildman–Crippen LogP) is 5.57. The highest BCUT2D eigenvalue weighted by Gasteiger charge is 2.55. The first-order valence-electron chi connectivity index (χ1n) is 10.9. The van der Waals surface area contributed by atoms with Crippen LogP contribution in [0.3, 0.4) is 0 Å². The van der Waals surface area contributed by atoms with Gasteiger partial charge in [0.05, 0.1) is 10.9 Å². The summed E-state index contributed by atoms with van der Waals surface area (Å²) >= 11 is 0. The van der Waals surface area contributed by atoms with Gasteiger partial charge in [-0.1, -0.05) is 41.5 Å². The quantitative estimate of drug-likeness (QED) is 0.591. The first-order chi connectivity index (χ1) is 14.5. The zero-order chi connectivity index (χ0) is 20.5. The van der Waals surface area contributed by atoms with E-state index in [1.165, 1.54) is 11.1 Å². The van der Waals surface area contributed by atoms with Gasteiger partial charge in [-0.3, -0.25) is 0 Å². The molecule has 2 aromatic carbocycles. The molecule has 5 heteroatoms. The molecular weight excluding hydrogens is 392 g/mol. The average Bonchev–Trinajstić information content (AvgIpc) is 3.32. The number of hydrogen-bond acceptors (Lipinski definition) is 2. The Bertz CT molecular complexity index is 1290. The fourth-order valence-corrected chi connectivity index (χ4v) is 7.91. The average molecular weight is 419 g/mol. The van der Waals surface area contributed by atoms with Crippen LogP contribution < -0.4 is 0 Å². The van der Waals surface area contributed by atoms with Crippen LogP contribution in [-0.4, -0.2) is 24.3 Å². The molecule has 2 atom stereocenters. The molecular formula is C25H26N2O2S. The van der Waals surface area contributed by atoms with Gasteiger partial charge in [-0.2, -0.15) is 4.31 Å². The standard InChI is InChI=1S/C25H26N2O2S/c1-17-9-11-19(12-10-17)30(28,29)27-15-5-14-25-13-4-6-18(25)16-22-23(24(25)27)20-7-2-3-8-21(20)26-22/h2-3,7-12,16,24,26H,4-6,13-15H2,1H3/t24-,25+/m0/s1. The third-order valence-corrected chi connectivity index (χ3v) is 9.40. The molecule has 6 rings (SSSR count). The Morgan fingerprint density at radius 3 is 2.63 bits per heavy atom. The van der Waals surface area contributed by atoms with Gasteiger partial charge in [-0.15, -0.1) is 0 Å². The lowest BCUT2D eigenvalue weighted by Gasteiger charge is -2.50. The number of sulfonamides is 1. The van der Waals surface area contributed by atoms with Crippen LogP contribution in [0.5, 0.6) is 0 Å². The van der Waals surface area contributed by atoms with Gasteiger partial charge in [0.25, 0.3) is 0 Å². The fourth-order valence-electron chi connectivity index (χ4n) is 6.20. The molecule has 4 nitrogen and oxygen atoms in total. The van der Waals surface area contributed by atoms with Crippen molar-refractivity contribution in [2.45, 2.75) is 50.0 Å². The Balaban J connectivity index is 1.60. The normalized spacial score (nSPS) is 26.2. The van der Waals surface area contributed by atoms with Gasteiger partial charge in [0.2, 0.25) is 10.0 Å². The summed E-state index contributed by atoms with van der Waals surface area (Å²) in [7, 11) is -3.59. The number of aromatic nitrogens is 1. The number of para-hydroxylation sites is 1. The van der Waals surface area contributed by atoms with Crippen LogP contribution in [0, 0.1) is 12.3 Å². The van der Waals surface area contributed by atoms with Gasteiger partial charge in [-0.05, 0) is 63.3 Å². The van der Waals surface area contributed by atoms with Gasteiger partial charge in [0, 0.05) is 34.1 Å². The van der Waals surface area contributed by atoms with Crippen LogP contribution in [-0.2, 0) is 10.0 Å². The molecule has 1 saturated heterocycles. The van der Waals surface area contributed by atoms with E-state index in [0.29, 0.717) is 11.4 Å². The van der Waals surface area contributed by atoms with Gasteiger partial charge in [0.15, 0.2) is 0 Å². The molecule has 154 valence electrons. The van der Waals surface area contributed by atoms with E-state index in [9.17, 15) is 8.42 Å². The smallest absolute Gasteiger partial charge is 0.243 e. The van der Waals surface area contributed by atoms with Crippen molar-refractivity contribution in [3.63, 3.8) is 0 Å². The van der Waals surface area contributed by atoms with Crippen molar-refractivity contribution in [3.8, 4) is 0 Å². The van der Waals surface area contributed by atoms with Crippen molar-refractivity contribution >= 4 is 27.0 Å². The third-order valence-electron chi connectivity index (χ3n) is 7.52. The Morgan fingerprint density at radius 2 is 1.80 bits per heavy atom. The molecule has 2 aliphatic carbocycles. The molecule has 2 fully saturated rings. The van der Waals surface area contributed by atoms with E-state index >= 15 is 0 Å². The van der Waals surface area contributed by atoms with Crippen LogP contribution in [0.1, 0.15) is 55.0 Å². The summed E-state index contributed by atoms with van der Waals surface area (Å²) in [6.07, 6.45) is 7.61. The first-order valence-corrected chi connectivity index (χ1v) is 12.3. The molecule has 0 bridgehead atoms. The molecule has 0 radical (unpaired) electrons. The van der Waals surface area contributed by atoms with Gasteiger partial charge in [-0.25, -0.2) is 8.42 Å². The minimum atomic E-state index is -3.59. The van der Waals surface area contributed by atoms with E-state index in [1.54, 1.807) is 12.1 Å². The van der Waals surface area contributed by atoms with E-state index in [-0.39, 0.29) is 11.5 Å².